The van der Waals surface area contributed by atoms with Gasteiger partial charge in [0.25, 0.3) is 0 Å². The van der Waals surface area contributed by atoms with Crippen molar-refractivity contribution in [1.29, 1.82) is 0 Å². The van der Waals surface area contributed by atoms with Crippen LogP contribution in [0.3, 0.4) is 0 Å². The molecule has 0 aromatic heterocycles. The minimum absolute atomic E-state index is 0.155. The Bertz CT molecular complexity index is 374. The summed E-state index contributed by atoms with van der Waals surface area (Å²) in [5.41, 5.74) is -0.175. The first-order chi connectivity index (χ1) is 7.02. The Kier molecular flexibility index (Phi) is 3.72. The molecule has 0 saturated heterocycles. The van der Waals surface area contributed by atoms with Crippen LogP contribution in [0.5, 0.6) is 0 Å². The van der Waals surface area contributed by atoms with E-state index in [2.05, 4.69) is 0 Å². The number of benzene rings is 1. The summed E-state index contributed by atoms with van der Waals surface area (Å²) in [5.74, 6) is -1.65. The van der Waals surface area contributed by atoms with E-state index in [0.717, 1.165) is 12.1 Å². The SMILES string of the molecule is CC(C)C(=O)C=Cc1c(F)cccc1F. The van der Waals surface area contributed by atoms with Gasteiger partial charge in [0.2, 0.25) is 0 Å². The molecule has 3 heteroatoms. The number of ketones is 1. The maximum atomic E-state index is 13.1. The first-order valence-corrected chi connectivity index (χ1v) is 4.68. The van der Waals surface area contributed by atoms with Crippen LogP contribution < -0.4 is 0 Å². The number of hydrogen-bond acceptors (Lipinski definition) is 1. The maximum absolute atomic E-state index is 13.1. The van der Waals surface area contributed by atoms with Crippen LogP contribution in [0.25, 0.3) is 6.08 Å². The standard InChI is InChI=1S/C12H12F2O/c1-8(2)12(15)7-6-9-10(13)4-3-5-11(9)14/h3-8H,1-2H3. The molecule has 0 heterocycles. The molecule has 0 fully saturated rings. The minimum Gasteiger partial charge on any atom is -0.295 e. The van der Waals surface area contributed by atoms with Crippen LogP contribution in [-0.4, -0.2) is 5.78 Å². The summed E-state index contributed by atoms with van der Waals surface area (Å²) < 4.78 is 26.2. The van der Waals surface area contributed by atoms with Gasteiger partial charge in [0, 0.05) is 11.5 Å². The Hall–Kier alpha value is -1.51. The summed E-state index contributed by atoms with van der Waals surface area (Å²) >= 11 is 0. The van der Waals surface area contributed by atoms with Crippen LogP contribution >= 0.6 is 0 Å². The lowest BCUT2D eigenvalue weighted by Gasteiger charge is -1.99. The second-order valence-corrected chi connectivity index (χ2v) is 3.53. The van der Waals surface area contributed by atoms with Crippen molar-refractivity contribution in [1.82, 2.24) is 0 Å². The highest BCUT2D eigenvalue weighted by Gasteiger charge is 2.06. The lowest BCUT2D eigenvalue weighted by Crippen LogP contribution is -2.02. The molecule has 0 aliphatic heterocycles. The topological polar surface area (TPSA) is 17.1 Å². The molecule has 0 N–H and O–H groups in total. The van der Waals surface area contributed by atoms with Crippen molar-refractivity contribution in [3.63, 3.8) is 0 Å². The molecule has 0 aliphatic carbocycles. The smallest absolute Gasteiger partial charge is 0.158 e. The Morgan fingerprint density at radius 1 is 1.27 bits per heavy atom. The van der Waals surface area contributed by atoms with Crippen LogP contribution in [-0.2, 0) is 4.79 Å². The summed E-state index contributed by atoms with van der Waals surface area (Å²) in [4.78, 5) is 11.2. The lowest BCUT2D eigenvalue weighted by atomic mass is 10.1. The van der Waals surface area contributed by atoms with Crippen LogP contribution in [0, 0.1) is 17.6 Å². The quantitative estimate of drug-likeness (QED) is 0.700. The van der Waals surface area contributed by atoms with Gasteiger partial charge in [-0.3, -0.25) is 4.79 Å². The van der Waals surface area contributed by atoms with Gasteiger partial charge in [-0.05, 0) is 24.3 Å². The van der Waals surface area contributed by atoms with Gasteiger partial charge < -0.3 is 0 Å². The van der Waals surface area contributed by atoms with E-state index in [9.17, 15) is 13.6 Å². The molecule has 80 valence electrons. The van der Waals surface area contributed by atoms with Crippen LogP contribution in [0.15, 0.2) is 24.3 Å². The van der Waals surface area contributed by atoms with Crippen LogP contribution in [0.1, 0.15) is 19.4 Å². The highest BCUT2D eigenvalue weighted by atomic mass is 19.1. The van der Waals surface area contributed by atoms with E-state index in [1.807, 2.05) is 0 Å². The zero-order valence-corrected chi connectivity index (χ0v) is 8.63. The van der Waals surface area contributed by atoms with Gasteiger partial charge in [-0.25, -0.2) is 8.78 Å². The van der Waals surface area contributed by atoms with E-state index < -0.39 is 11.6 Å². The third-order valence-electron chi connectivity index (χ3n) is 1.98. The largest absolute Gasteiger partial charge is 0.295 e. The van der Waals surface area contributed by atoms with Gasteiger partial charge in [-0.1, -0.05) is 19.9 Å². The Morgan fingerprint density at radius 3 is 2.27 bits per heavy atom. The average molecular weight is 210 g/mol. The summed E-state index contributed by atoms with van der Waals surface area (Å²) in [6.07, 6.45) is 2.37. The highest BCUT2D eigenvalue weighted by Crippen LogP contribution is 2.14. The molecule has 1 aromatic carbocycles. The van der Waals surface area contributed by atoms with Crippen molar-refractivity contribution in [3.8, 4) is 0 Å². The molecule has 0 atom stereocenters. The molecular formula is C12H12F2O. The number of carbonyl (C=O) groups excluding carboxylic acids is 1. The second kappa shape index (κ2) is 4.82. The van der Waals surface area contributed by atoms with E-state index in [4.69, 9.17) is 0 Å². The fraction of sp³-hybridized carbons (Fsp3) is 0.250. The summed E-state index contributed by atoms with van der Waals surface area (Å²) in [6, 6.07) is 3.59. The van der Waals surface area contributed by atoms with E-state index >= 15 is 0 Å². The maximum Gasteiger partial charge on any atom is 0.158 e. The van der Waals surface area contributed by atoms with Crippen molar-refractivity contribution in [2.45, 2.75) is 13.8 Å². The summed E-state index contributed by atoms with van der Waals surface area (Å²) in [5, 5.41) is 0. The summed E-state index contributed by atoms with van der Waals surface area (Å²) in [7, 11) is 0. The van der Waals surface area contributed by atoms with E-state index in [1.165, 1.54) is 18.2 Å². The fourth-order valence-electron chi connectivity index (χ4n) is 1.03. The van der Waals surface area contributed by atoms with Gasteiger partial charge in [-0.15, -0.1) is 0 Å². The normalized spacial score (nSPS) is 11.3. The molecule has 0 spiro atoms. The van der Waals surface area contributed by atoms with Gasteiger partial charge in [0.1, 0.15) is 11.6 Å². The molecule has 1 nitrogen and oxygen atoms in total. The average Bonchev–Trinajstić information content (AvgIpc) is 2.16. The zero-order valence-electron chi connectivity index (χ0n) is 8.63. The monoisotopic (exact) mass is 210 g/mol. The molecule has 0 bridgehead atoms. The third-order valence-corrected chi connectivity index (χ3v) is 1.98. The number of allylic oxidation sites excluding steroid dienone is 1. The Labute approximate surface area is 87.4 Å². The number of carbonyl (C=O) groups is 1. The molecule has 1 aromatic rings. The Balaban J connectivity index is 2.94. The minimum atomic E-state index is -0.664. The molecule has 15 heavy (non-hydrogen) atoms. The van der Waals surface area contributed by atoms with Crippen molar-refractivity contribution in [2.24, 2.45) is 5.92 Å². The zero-order chi connectivity index (χ0) is 11.4. The number of rotatable bonds is 3. The van der Waals surface area contributed by atoms with Gasteiger partial charge in [-0.2, -0.15) is 0 Å². The Morgan fingerprint density at radius 2 is 1.80 bits per heavy atom. The van der Waals surface area contributed by atoms with Gasteiger partial charge in [0.15, 0.2) is 5.78 Å². The summed E-state index contributed by atoms with van der Waals surface area (Å²) in [6.45, 7) is 3.45. The molecule has 0 amide bonds. The molecule has 0 unspecified atom stereocenters. The van der Waals surface area contributed by atoms with Crippen molar-refractivity contribution in [3.05, 3.63) is 41.5 Å². The molecule has 0 saturated carbocycles. The number of halogens is 2. The van der Waals surface area contributed by atoms with Gasteiger partial charge in [0.05, 0.1) is 0 Å². The van der Waals surface area contributed by atoms with E-state index in [-0.39, 0.29) is 17.3 Å². The van der Waals surface area contributed by atoms with Crippen molar-refractivity contribution >= 4 is 11.9 Å². The van der Waals surface area contributed by atoms with E-state index in [1.54, 1.807) is 13.8 Å². The first kappa shape index (κ1) is 11.6. The predicted molar refractivity (Wildman–Crippen MR) is 55.2 cm³/mol. The number of hydrogen-bond donors (Lipinski definition) is 0. The van der Waals surface area contributed by atoms with Crippen LogP contribution in [0.4, 0.5) is 8.78 Å². The predicted octanol–water partition coefficient (Wildman–Crippen LogP) is 3.20. The third kappa shape index (κ3) is 2.98. The van der Waals surface area contributed by atoms with Gasteiger partial charge >= 0.3 is 0 Å². The molecule has 0 aliphatic rings. The van der Waals surface area contributed by atoms with Crippen LogP contribution in [0.2, 0.25) is 0 Å². The first-order valence-electron chi connectivity index (χ1n) is 4.68. The molecule has 0 radical (unpaired) electrons. The molecular weight excluding hydrogens is 198 g/mol. The van der Waals surface area contributed by atoms with E-state index in [0.29, 0.717) is 0 Å². The van der Waals surface area contributed by atoms with Crippen molar-refractivity contribution < 1.29 is 13.6 Å². The second-order valence-electron chi connectivity index (χ2n) is 3.53. The molecule has 1 rings (SSSR count). The lowest BCUT2D eigenvalue weighted by molar-refractivity contribution is -0.117. The highest BCUT2D eigenvalue weighted by molar-refractivity contribution is 5.94. The fourth-order valence-corrected chi connectivity index (χ4v) is 1.03. The van der Waals surface area contributed by atoms with Crippen molar-refractivity contribution in [2.75, 3.05) is 0 Å².